The number of carbonyl (C=O) groups excluding carboxylic acids is 2. The van der Waals surface area contributed by atoms with Gasteiger partial charge in [-0.2, -0.15) is 0 Å². The number of carbonyl (C=O) groups is 2. The van der Waals surface area contributed by atoms with Gasteiger partial charge in [-0.25, -0.2) is 4.98 Å². The van der Waals surface area contributed by atoms with Gasteiger partial charge in [-0.05, 0) is 53.6 Å². The second kappa shape index (κ2) is 14.6. The number of aliphatic hydroxyl groups excluding tert-OH is 1. The van der Waals surface area contributed by atoms with E-state index in [0.717, 1.165) is 21.8 Å². The van der Waals surface area contributed by atoms with Crippen LogP contribution in [0.5, 0.6) is 0 Å². The number of aliphatic hydroxyl groups is 1. The molecule has 0 unspecified atom stereocenters. The van der Waals surface area contributed by atoms with Crippen molar-refractivity contribution in [2.45, 2.75) is 64.8 Å². The number of amides is 2. The Morgan fingerprint density at radius 3 is 2.35 bits per heavy atom. The van der Waals surface area contributed by atoms with Gasteiger partial charge in [0.1, 0.15) is 5.01 Å². The van der Waals surface area contributed by atoms with Crippen molar-refractivity contribution in [3.8, 4) is 0 Å². The van der Waals surface area contributed by atoms with Crippen molar-refractivity contribution in [2.75, 3.05) is 13.6 Å². The molecule has 0 fully saturated rings. The summed E-state index contributed by atoms with van der Waals surface area (Å²) >= 11 is 1.52. The van der Waals surface area contributed by atoms with Crippen LogP contribution in [0.2, 0.25) is 0 Å². The third-order valence-corrected chi connectivity index (χ3v) is 8.26. The van der Waals surface area contributed by atoms with E-state index in [1.165, 1.54) is 16.9 Å². The van der Waals surface area contributed by atoms with Gasteiger partial charge in [-0.3, -0.25) is 9.59 Å². The predicted octanol–water partition coefficient (Wildman–Crippen LogP) is 5.51. The van der Waals surface area contributed by atoms with Gasteiger partial charge < -0.3 is 20.6 Å². The Morgan fingerprint density at radius 1 is 0.953 bits per heavy atom. The highest BCUT2D eigenvalue weighted by atomic mass is 32.1. The minimum absolute atomic E-state index is 0.0539. The van der Waals surface area contributed by atoms with Gasteiger partial charge in [0.15, 0.2) is 0 Å². The topological polar surface area (TPSA) is 94.6 Å². The number of benzene rings is 3. The number of hydrogen-bond acceptors (Lipinski definition) is 6. The molecule has 3 aromatic carbocycles. The molecular formula is C35H42N4O3S. The number of thiazole rings is 1. The molecule has 0 saturated heterocycles. The van der Waals surface area contributed by atoms with Crippen LogP contribution in [0.1, 0.15) is 68.9 Å². The fourth-order valence-corrected chi connectivity index (χ4v) is 5.65. The molecule has 0 aliphatic rings. The second-order valence-electron chi connectivity index (χ2n) is 12.0. The summed E-state index contributed by atoms with van der Waals surface area (Å²) in [5.74, 6) is -0.534. The molecule has 0 bridgehead atoms. The van der Waals surface area contributed by atoms with Crippen LogP contribution in [0.3, 0.4) is 0 Å². The molecule has 0 saturated carbocycles. The summed E-state index contributed by atoms with van der Waals surface area (Å²) in [6.07, 6.45) is -0.378. The molecule has 4 aromatic rings. The van der Waals surface area contributed by atoms with Crippen molar-refractivity contribution in [2.24, 2.45) is 0 Å². The summed E-state index contributed by atoms with van der Waals surface area (Å²) in [5, 5.41) is 20.5. The van der Waals surface area contributed by atoms with Gasteiger partial charge >= 0.3 is 0 Å². The van der Waals surface area contributed by atoms with Crippen LogP contribution in [0.15, 0.2) is 84.2 Å². The molecule has 0 aliphatic heterocycles. The van der Waals surface area contributed by atoms with Crippen LogP contribution in [0.25, 0.3) is 0 Å². The summed E-state index contributed by atoms with van der Waals surface area (Å²) in [4.78, 5) is 32.6. The number of rotatable bonds is 12. The molecule has 2 atom stereocenters. The Morgan fingerprint density at radius 2 is 1.65 bits per heavy atom. The highest BCUT2D eigenvalue weighted by Gasteiger charge is 2.23. The van der Waals surface area contributed by atoms with Crippen molar-refractivity contribution in [3.05, 3.63) is 123 Å². The molecule has 43 heavy (non-hydrogen) atoms. The summed E-state index contributed by atoms with van der Waals surface area (Å²) in [5.41, 5.74) is 5.17. The molecule has 0 radical (unpaired) electrons. The third-order valence-electron chi connectivity index (χ3n) is 7.31. The molecule has 226 valence electrons. The molecule has 8 heteroatoms. The fourth-order valence-electron chi connectivity index (χ4n) is 4.82. The van der Waals surface area contributed by atoms with E-state index in [0.29, 0.717) is 37.2 Å². The van der Waals surface area contributed by atoms with Gasteiger partial charge in [-0.15, -0.1) is 11.3 Å². The number of hydrogen-bond donors (Lipinski definition) is 3. The fraction of sp³-hybridized carbons (Fsp3) is 0.343. The van der Waals surface area contributed by atoms with Crippen LogP contribution >= 0.6 is 11.3 Å². The zero-order chi connectivity index (χ0) is 31.0. The lowest BCUT2D eigenvalue weighted by molar-refractivity contribution is 0.0784. The minimum atomic E-state index is -0.840. The maximum atomic E-state index is 13.4. The summed E-state index contributed by atoms with van der Waals surface area (Å²) in [6, 6.07) is 24.4. The lowest BCUT2D eigenvalue weighted by Gasteiger charge is -2.25. The molecule has 3 N–H and O–H groups in total. The van der Waals surface area contributed by atoms with Crippen molar-refractivity contribution in [1.82, 2.24) is 20.5 Å². The van der Waals surface area contributed by atoms with Gasteiger partial charge in [0, 0.05) is 42.3 Å². The number of aromatic nitrogens is 1. The van der Waals surface area contributed by atoms with E-state index in [9.17, 15) is 14.7 Å². The van der Waals surface area contributed by atoms with E-state index in [1.54, 1.807) is 36.2 Å². The van der Waals surface area contributed by atoms with Gasteiger partial charge in [-0.1, -0.05) is 81.4 Å². The van der Waals surface area contributed by atoms with E-state index in [1.807, 2.05) is 42.6 Å². The Bertz CT molecular complexity index is 1510. The van der Waals surface area contributed by atoms with Crippen LogP contribution in [-0.4, -0.2) is 52.5 Å². The first-order valence-electron chi connectivity index (χ1n) is 14.6. The van der Waals surface area contributed by atoms with Crippen LogP contribution < -0.4 is 10.6 Å². The summed E-state index contributed by atoms with van der Waals surface area (Å²) in [6.45, 7) is 9.79. The lowest BCUT2D eigenvalue weighted by atomic mass is 9.86. The monoisotopic (exact) mass is 598 g/mol. The first kappa shape index (κ1) is 32.1. The zero-order valence-corrected chi connectivity index (χ0v) is 26.4. The third kappa shape index (κ3) is 9.32. The van der Waals surface area contributed by atoms with Crippen LogP contribution in [0, 0.1) is 6.92 Å². The quantitative estimate of drug-likeness (QED) is 0.200. The van der Waals surface area contributed by atoms with Crippen LogP contribution in [0.4, 0.5) is 0 Å². The van der Waals surface area contributed by atoms with Gasteiger partial charge in [0.05, 0.1) is 18.7 Å². The molecule has 4 rings (SSSR count). The van der Waals surface area contributed by atoms with Crippen molar-refractivity contribution >= 4 is 23.2 Å². The minimum Gasteiger partial charge on any atom is -0.390 e. The van der Waals surface area contributed by atoms with Crippen molar-refractivity contribution in [1.29, 1.82) is 0 Å². The average molecular weight is 599 g/mol. The normalized spacial score (nSPS) is 12.9. The number of nitrogens with one attached hydrogen (secondary N) is 2. The first-order valence-corrected chi connectivity index (χ1v) is 15.5. The molecule has 1 aromatic heterocycles. The molecule has 1 heterocycles. The Balaban J connectivity index is 1.42. The van der Waals surface area contributed by atoms with E-state index in [-0.39, 0.29) is 17.2 Å². The smallest absolute Gasteiger partial charge is 0.253 e. The van der Waals surface area contributed by atoms with Crippen molar-refractivity contribution in [3.63, 3.8) is 0 Å². The maximum absolute atomic E-state index is 13.4. The standard InChI is InChI=1S/C35H42N4O3S/c1-24-23-43-32(37-24)22-39(5)34(42)28-15-10-14-27(19-28)33(41)38-30(18-25-11-7-6-8-12-25)31(40)21-36-20-26-13-9-16-29(17-26)35(2,3)4/h6-17,19,23,30-31,36,40H,18,20-22H2,1-5H3,(H,38,41)/t30-,31+/m0/s1. The molecule has 0 aliphatic carbocycles. The first-order chi connectivity index (χ1) is 20.5. The summed E-state index contributed by atoms with van der Waals surface area (Å²) < 4.78 is 0. The molecular weight excluding hydrogens is 556 g/mol. The molecule has 2 amide bonds. The van der Waals surface area contributed by atoms with Crippen LogP contribution in [-0.2, 0) is 24.9 Å². The van der Waals surface area contributed by atoms with Gasteiger partial charge in [0.2, 0.25) is 0 Å². The predicted molar refractivity (Wildman–Crippen MR) is 173 cm³/mol. The summed E-state index contributed by atoms with van der Waals surface area (Å²) in [7, 11) is 1.73. The SMILES string of the molecule is Cc1csc(CN(C)C(=O)c2cccc(C(=O)N[C@@H](Cc3ccccc3)[C@H](O)CNCc3cccc(C(C)(C)C)c3)c2)n1. The van der Waals surface area contributed by atoms with E-state index in [4.69, 9.17) is 0 Å². The Hall–Kier alpha value is -3.85. The Labute approximate surface area is 259 Å². The highest BCUT2D eigenvalue weighted by molar-refractivity contribution is 7.09. The lowest BCUT2D eigenvalue weighted by Crippen LogP contribution is -2.48. The number of aryl methyl sites for hydroxylation is 1. The Kier molecular flexibility index (Phi) is 10.9. The second-order valence-corrected chi connectivity index (χ2v) is 13.0. The highest BCUT2D eigenvalue weighted by Crippen LogP contribution is 2.23. The maximum Gasteiger partial charge on any atom is 0.253 e. The molecule has 7 nitrogen and oxygen atoms in total. The number of nitrogens with zero attached hydrogens (tertiary/aromatic N) is 2. The largest absolute Gasteiger partial charge is 0.390 e. The van der Waals surface area contributed by atoms with Gasteiger partial charge in [0.25, 0.3) is 11.8 Å². The van der Waals surface area contributed by atoms with E-state index >= 15 is 0 Å². The van der Waals surface area contributed by atoms with Crippen molar-refractivity contribution < 1.29 is 14.7 Å². The van der Waals surface area contributed by atoms with E-state index in [2.05, 4.69) is 60.7 Å². The average Bonchev–Trinajstić information content (AvgIpc) is 3.40. The molecule has 0 spiro atoms. The van der Waals surface area contributed by atoms with E-state index < -0.39 is 12.1 Å². The zero-order valence-electron chi connectivity index (χ0n) is 25.6.